The quantitative estimate of drug-likeness (QED) is 0.420. The van der Waals surface area contributed by atoms with Gasteiger partial charge in [-0.25, -0.2) is 13.6 Å². The number of nitrogens with zero attached hydrogens (tertiary/aromatic N) is 1. The van der Waals surface area contributed by atoms with Crippen molar-refractivity contribution in [2.45, 2.75) is 71.1 Å². The zero-order chi connectivity index (χ0) is 28.3. The molecule has 0 aromatic heterocycles. The van der Waals surface area contributed by atoms with Crippen LogP contribution in [0.4, 0.5) is 5.69 Å². The first kappa shape index (κ1) is 26.7. The van der Waals surface area contributed by atoms with Gasteiger partial charge in [0.15, 0.2) is 0 Å². The van der Waals surface area contributed by atoms with Crippen molar-refractivity contribution in [1.29, 1.82) is 0 Å². The van der Waals surface area contributed by atoms with Crippen LogP contribution in [0.25, 0.3) is 0 Å². The number of imide groups is 1. The predicted molar refractivity (Wildman–Crippen MR) is 145 cm³/mol. The first-order valence-corrected chi connectivity index (χ1v) is 15.7. The number of hydrogen-bond donors (Lipinski definition) is 2. The second-order valence-electron chi connectivity index (χ2n) is 13.5. The van der Waals surface area contributed by atoms with Gasteiger partial charge in [-0.2, -0.15) is 0 Å². The lowest BCUT2D eigenvalue weighted by molar-refractivity contribution is -0.194. The van der Waals surface area contributed by atoms with Crippen molar-refractivity contribution < 1.29 is 27.9 Å². The van der Waals surface area contributed by atoms with Crippen molar-refractivity contribution in [2.75, 3.05) is 4.90 Å². The number of aliphatic carboxylic acids is 1. The molecule has 39 heavy (non-hydrogen) atoms. The molecule has 1 aliphatic heterocycles. The molecule has 1 aromatic carbocycles. The number of hydrogen-bond acceptors (Lipinski definition) is 5. The van der Waals surface area contributed by atoms with Gasteiger partial charge in [0.25, 0.3) is 0 Å². The van der Waals surface area contributed by atoms with Gasteiger partial charge in [0.1, 0.15) is 0 Å². The summed E-state index contributed by atoms with van der Waals surface area (Å²) in [7, 11) is -3.90. The Morgan fingerprint density at radius 1 is 1.05 bits per heavy atom. The van der Waals surface area contributed by atoms with Crippen LogP contribution in [0, 0.1) is 51.8 Å². The Morgan fingerprint density at radius 3 is 2.31 bits per heavy atom. The highest BCUT2D eigenvalue weighted by Gasteiger charge is 2.73. The number of carbonyl (C=O) groups excluding carboxylic acids is 2. The summed E-state index contributed by atoms with van der Waals surface area (Å²) in [6, 6.07) is 5.64. The Bertz CT molecular complexity index is 1420. The van der Waals surface area contributed by atoms with Crippen LogP contribution in [-0.2, 0) is 24.4 Å². The average molecular weight is 555 g/mol. The third-order valence-corrected chi connectivity index (χ3v) is 12.5. The van der Waals surface area contributed by atoms with Crippen molar-refractivity contribution in [3.8, 4) is 0 Å². The van der Waals surface area contributed by atoms with E-state index in [4.69, 9.17) is 5.14 Å². The number of rotatable bonds is 4. The number of allylic oxidation sites excluding steroid dienone is 2. The summed E-state index contributed by atoms with van der Waals surface area (Å²) in [5.74, 6) is -1.80. The van der Waals surface area contributed by atoms with Gasteiger partial charge in [-0.3, -0.25) is 19.3 Å². The van der Waals surface area contributed by atoms with E-state index in [0.29, 0.717) is 18.5 Å². The second-order valence-corrected chi connectivity index (χ2v) is 15.1. The van der Waals surface area contributed by atoms with Gasteiger partial charge < -0.3 is 5.11 Å². The van der Waals surface area contributed by atoms with Crippen LogP contribution in [0.2, 0.25) is 0 Å². The highest BCUT2D eigenvalue weighted by atomic mass is 32.2. The minimum atomic E-state index is -3.90. The number of fused-ring (bicyclic) bond motifs is 1. The van der Waals surface area contributed by atoms with E-state index >= 15 is 0 Å². The summed E-state index contributed by atoms with van der Waals surface area (Å²) in [5, 5.41) is 15.5. The van der Waals surface area contributed by atoms with Crippen molar-refractivity contribution >= 4 is 33.5 Å². The lowest BCUT2D eigenvalue weighted by Crippen LogP contribution is -2.65. The van der Waals surface area contributed by atoms with Gasteiger partial charge >= 0.3 is 5.97 Å². The molecular weight excluding hydrogens is 516 g/mol. The highest BCUT2D eigenvalue weighted by Crippen LogP contribution is 2.74. The Balaban J connectivity index is 1.46. The molecule has 8 nitrogen and oxygen atoms in total. The third kappa shape index (κ3) is 3.38. The van der Waals surface area contributed by atoms with Gasteiger partial charge in [0.2, 0.25) is 21.8 Å². The molecule has 2 bridgehead atoms. The Labute approximate surface area is 230 Å². The number of carboxylic acid groups (broad SMARTS) is 1. The third-order valence-electron chi connectivity index (χ3n) is 11.6. The van der Waals surface area contributed by atoms with E-state index in [2.05, 4.69) is 26.8 Å². The summed E-state index contributed by atoms with van der Waals surface area (Å²) in [4.78, 5) is 42.1. The standard InChI is InChI=1S/C30H38N2O6S/c1-16(2)20-15-30-13-10-21-28(3,11-5-12-29(21,4)27(35)36)22(30)14-19(20)23-24(30)26(34)32(25(23)33)17-6-8-18(9-7-17)39(31,37)38/h6-9,15-16,19,21-24H,5,10-14H2,1-4H3,(H,35,36)(H2,31,37,38)/t19-,21+,22-,23-,24+,28+,29-,30+/m1/s1. The fraction of sp³-hybridized carbons (Fsp3) is 0.633. The second kappa shape index (κ2) is 8.26. The van der Waals surface area contributed by atoms with E-state index in [1.165, 1.54) is 34.7 Å². The maximum atomic E-state index is 14.3. The number of amides is 2. The molecular formula is C30H38N2O6S. The molecule has 9 heteroatoms. The summed E-state index contributed by atoms with van der Waals surface area (Å²) in [6.07, 6.45) is 7.01. The van der Waals surface area contributed by atoms with Crippen LogP contribution in [0.5, 0.6) is 0 Å². The van der Waals surface area contributed by atoms with Crippen LogP contribution in [0.15, 0.2) is 40.8 Å². The minimum absolute atomic E-state index is 0.0228. The van der Waals surface area contributed by atoms with E-state index in [0.717, 1.165) is 25.7 Å². The molecule has 6 aliphatic rings. The predicted octanol–water partition coefficient (Wildman–Crippen LogP) is 4.35. The lowest BCUT2D eigenvalue weighted by atomic mass is 9.34. The van der Waals surface area contributed by atoms with Crippen LogP contribution >= 0.6 is 0 Å². The van der Waals surface area contributed by atoms with Crippen LogP contribution in [0.3, 0.4) is 0 Å². The molecule has 1 aromatic rings. The van der Waals surface area contributed by atoms with E-state index in [1.54, 1.807) is 0 Å². The molecule has 1 spiro atoms. The topological polar surface area (TPSA) is 135 Å². The van der Waals surface area contributed by atoms with Gasteiger partial charge in [0, 0.05) is 5.41 Å². The number of anilines is 1. The van der Waals surface area contributed by atoms with Crippen molar-refractivity contribution in [3.05, 3.63) is 35.9 Å². The molecule has 8 atom stereocenters. The summed E-state index contributed by atoms with van der Waals surface area (Å²) in [6.45, 7) is 8.46. The first-order chi connectivity index (χ1) is 18.2. The molecule has 7 rings (SSSR count). The van der Waals surface area contributed by atoms with E-state index < -0.39 is 38.7 Å². The van der Waals surface area contributed by atoms with Crippen LogP contribution in [-0.4, -0.2) is 31.3 Å². The maximum Gasteiger partial charge on any atom is 0.309 e. The van der Waals surface area contributed by atoms with E-state index in [1.807, 2.05) is 6.92 Å². The number of primary sulfonamides is 1. The van der Waals surface area contributed by atoms with Crippen LogP contribution < -0.4 is 10.0 Å². The largest absolute Gasteiger partial charge is 0.481 e. The molecule has 0 unspecified atom stereocenters. The number of carboxylic acids is 1. The van der Waals surface area contributed by atoms with Gasteiger partial charge in [-0.15, -0.1) is 0 Å². The smallest absolute Gasteiger partial charge is 0.309 e. The molecule has 3 saturated carbocycles. The zero-order valence-electron chi connectivity index (χ0n) is 23.0. The van der Waals surface area contributed by atoms with Gasteiger partial charge in [0.05, 0.1) is 27.8 Å². The van der Waals surface area contributed by atoms with E-state index in [-0.39, 0.29) is 45.8 Å². The minimum Gasteiger partial charge on any atom is -0.481 e. The Kier molecular flexibility index (Phi) is 5.65. The normalized spacial score (nSPS) is 41.2. The summed E-state index contributed by atoms with van der Waals surface area (Å²) in [5.41, 5.74) is 0.0882. The van der Waals surface area contributed by atoms with Gasteiger partial charge in [-0.05, 0) is 92.4 Å². The SMILES string of the molecule is CC(C)C1=C[C@@]23CC[C@H]4[C@](C)(CCC[C@@]4(C)C(=O)O)[C@H]2C[C@H]1[C@H]1C(=O)N(c2ccc(S(N)(=O)=O)cc2)C(=O)[C@H]13. The molecule has 2 amide bonds. The molecule has 210 valence electrons. The van der Waals surface area contributed by atoms with Crippen LogP contribution in [0.1, 0.15) is 66.2 Å². The average Bonchev–Trinajstić information content (AvgIpc) is 3.14. The number of benzene rings is 1. The fourth-order valence-corrected chi connectivity index (χ4v) is 10.5. The number of nitrogens with two attached hydrogens (primary N) is 1. The number of sulfonamides is 1. The van der Waals surface area contributed by atoms with Crippen molar-refractivity contribution in [1.82, 2.24) is 0 Å². The summed E-state index contributed by atoms with van der Waals surface area (Å²) >= 11 is 0. The Morgan fingerprint density at radius 2 is 1.72 bits per heavy atom. The summed E-state index contributed by atoms with van der Waals surface area (Å²) < 4.78 is 23.5. The molecule has 1 saturated heterocycles. The Hall–Kier alpha value is -2.52. The first-order valence-electron chi connectivity index (χ1n) is 14.1. The molecule has 1 heterocycles. The van der Waals surface area contributed by atoms with E-state index in [9.17, 15) is 27.9 Å². The number of carbonyl (C=O) groups is 3. The molecule has 5 aliphatic carbocycles. The lowest BCUT2D eigenvalue weighted by Gasteiger charge is -2.68. The zero-order valence-corrected chi connectivity index (χ0v) is 23.8. The fourth-order valence-electron chi connectivity index (χ4n) is 10.00. The monoisotopic (exact) mass is 554 g/mol. The highest BCUT2D eigenvalue weighted by molar-refractivity contribution is 7.89. The molecule has 3 N–H and O–H groups in total. The van der Waals surface area contributed by atoms with Crippen molar-refractivity contribution in [3.63, 3.8) is 0 Å². The molecule has 0 radical (unpaired) electrons. The maximum absolute atomic E-state index is 14.3. The molecule has 4 fully saturated rings. The van der Waals surface area contributed by atoms with Crippen molar-refractivity contribution in [2.24, 2.45) is 56.9 Å². The van der Waals surface area contributed by atoms with Gasteiger partial charge in [-0.1, -0.05) is 38.8 Å².